The zero-order valence-corrected chi connectivity index (χ0v) is 11.6. The van der Waals surface area contributed by atoms with E-state index in [4.69, 9.17) is 4.42 Å². The van der Waals surface area contributed by atoms with E-state index in [1.165, 1.54) is 17.4 Å². The Hall–Kier alpha value is -1.53. The lowest BCUT2D eigenvalue weighted by atomic mass is 10.2. The van der Waals surface area contributed by atoms with E-state index in [2.05, 4.69) is 32.5 Å². The maximum Gasteiger partial charge on any atom is 0.276 e. The lowest BCUT2D eigenvalue weighted by molar-refractivity contribution is 0.466. The van der Waals surface area contributed by atoms with Crippen LogP contribution < -0.4 is 10.2 Å². The SMILES string of the molecule is CSc1nnc(-c2ccc(N3CCNCC3)cc2)o1. The Morgan fingerprint density at radius 3 is 2.53 bits per heavy atom. The molecule has 0 bridgehead atoms. The number of hydrogen-bond donors (Lipinski definition) is 1. The minimum atomic E-state index is 0.580. The molecule has 0 saturated carbocycles. The van der Waals surface area contributed by atoms with E-state index in [1.807, 2.05) is 18.4 Å². The average molecular weight is 276 g/mol. The van der Waals surface area contributed by atoms with Gasteiger partial charge in [0.25, 0.3) is 5.22 Å². The highest BCUT2D eigenvalue weighted by Gasteiger charge is 2.12. The Morgan fingerprint density at radius 2 is 1.89 bits per heavy atom. The number of aromatic nitrogens is 2. The number of hydrogen-bond acceptors (Lipinski definition) is 6. The lowest BCUT2D eigenvalue weighted by Gasteiger charge is -2.29. The van der Waals surface area contributed by atoms with Crippen LogP contribution in [0.4, 0.5) is 5.69 Å². The van der Waals surface area contributed by atoms with Gasteiger partial charge in [0.1, 0.15) is 0 Å². The first-order valence-corrected chi connectivity index (χ1v) is 7.53. The Balaban J connectivity index is 1.78. The zero-order valence-electron chi connectivity index (χ0n) is 10.8. The molecule has 0 radical (unpaired) electrons. The van der Waals surface area contributed by atoms with Crippen molar-refractivity contribution in [1.29, 1.82) is 0 Å². The van der Waals surface area contributed by atoms with E-state index in [0.717, 1.165) is 31.7 Å². The van der Waals surface area contributed by atoms with Crippen molar-refractivity contribution in [2.24, 2.45) is 0 Å². The molecular weight excluding hydrogens is 260 g/mol. The van der Waals surface area contributed by atoms with Crippen LogP contribution in [0.2, 0.25) is 0 Å². The van der Waals surface area contributed by atoms with Gasteiger partial charge in [0.2, 0.25) is 5.89 Å². The van der Waals surface area contributed by atoms with Crippen LogP contribution in [-0.4, -0.2) is 42.6 Å². The van der Waals surface area contributed by atoms with Crippen molar-refractivity contribution in [3.63, 3.8) is 0 Å². The standard InChI is InChI=1S/C13H16N4OS/c1-19-13-16-15-12(18-13)10-2-4-11(5-3-10)17-8-6-14-7-9-17/h2-5,14H,6-9H2,1H3. The van der Waals surface area contributed by atoms with Crippen LogP contribution >= 0.6 is 11.8 Å². The van der Waals surface area contributed by atoms with E-state index in [1.54, 1.807) is 0 Å². The second-order valence-corrected chi connectivity index (χ2v) is 5.12. The van der Waals surface area contributed by atoms with Gasteiger partial charge in [0, 0.05) is 37.4 Å². The summed E-state index contributed by atoms with van der Waals surface area (Å²) in [5.74, 6) is 0.580. The van der Waals surface area contributed by atoms with Gasteiger partial charge < -0.3 is 14.6 Å². The van der Waals surface area contributed by atoms with Crippen LogP contribution in [-0.2, 0) is 0 Å². The molecule has 2 heterocycles. The number of piperazine rings is 1. The molecule has 6 heteroatoms. The molecule has 1 aromatic heterocycles. The first-order valence-electron chi connectivity index (χ1n) is 6.30. The van der Waals surface area contributed by atoms with E-state index >= 15 is 0 Å². The third-order valence-corrected chi connectivity index (χ3v) is 3.69. The molecule has 5 nitrogen and oxygen atoms in total. The smallest absolute Gasteiger partial charge is 0.276 e. The fourth-order valence-electron chi connectivity index (χ4n) is 2.15. The number of nitrogens with zero attached hydrogens (tertiary/aromatic N) is 3. The van der Waals surface area contributed by atoms with Crippen molar-refractivity contribution in [2.75, 3.05) is 37.3 Å². The van der Waals surface area contributed by atoms with Crippen molar-refractivity contribution < 1.29 is 4.42 Å². The van der Waals surface area contributed by atoms with Crippen LogP contribution in [0.15, 0.2) is 33.9 Å². The summed E-state index contributed by atoms with van der Waals surface area (Å²) in [5.41, 5.74) is 2.21. The van der Waals surface area contributed by atoms with Gasteiger partial charge in [-0.15, -0.1) is 10.2 Å². The highest BCUT2D eigenvalue weighted by atomic mass is 32.2. The highest BCUT2D eigenvalue weighted by molar-refractivity contribution is 7.98. The summed E-state index contributed by atoms with van der Waals surface area (Å²) in [4.78, 5) is 2.38. The molecule has 0 spiro atoms. The van der Waals surface area contributed by atoms with Gasteiger partial charge in [0.15, 0.2) is 0 Å². The fraction of sp³-hybridized carbons (Fsp3) is 0.385. The molecule has 3 rings (SSSR count). The molecule has 1 fully saturated rings. The van der Waals surface area contributed by atoms with Crippen LogP contribution in [0.25, 0.3) is 11.5 Å². The maximum atomic E-state index is 5.52. The van der Waals surface area contributed by atoms with E-state index in [0.29, 0.717) is 11.1 Å². The second kappa shape index (κ2) is 5.63. The van der Waals surface area contributed by atoms with Crippen LogP contribution in [0.3, 0.4) is 0 Å². The summed E-state index contributed by atoms with van der Waals surface area (Å²) >= 11 is 1.45. The average Bonchev–Trinajstić information content (AvgIpc) is 2.97. The molecule has 1 aromatic carbocycles. The third-order valence-electron chi connectivity index (χ3n) is 3.18. The molecule has 1 N–H and O–H groups in total. The Kier molecular flexibility index (Phi) is 3.70. The molecule has 0 unspecified atom stereocenters. The summed E-state index contributed by atoms with van der Waals surface area (Å²) < 4.78 is 5.52. The van der Waals surface area contributed by atoms with Gasteiger partial charge in [-0.2, -0.15) is 0 Å². The van der Waals surface area contributed by atoms with Gasteiger partial charge in [-0.3, -0.25) is 0 Å². The number of anilines is 1. The first-order chi connectivity index (χ1) is 9.36. The molecular formula is C13H16N4OS. The molecule has 0 amide bonds. The second-order valence-electron chi connectivity index (χ2n) is 4.36. The van der Waals surface area contributed by atoms with Crippen LogP contribution in [0, 0.1) is 0 Å². The van der Waals surface area contributed by atoms with Crippen molar-refractivity contribution in [2.45, 2.75) is 5.22 Å². The van der Waals surface area contributed by atoms with E-state index < -0.39 is 0 Å². The van der Waals surface area contributed by atoms with E-state index in [9.17, 15) is 0 Å². The monoisotopic (exact) mass is 276 g/mol. The molecule has 0 atom stereocenters. The van der Waals surface area contributed by atoms with Crippen LogP contribution in [0.1, 0.15) is 0 Å². The summed E-state index contributed by atoms with van der Waals surface area (Å²) in [5, 5.41) is 11.9. The van der Waals surface area contributed by atoms with Gasteiger partial charge in [-0.25, -0.2) is 0 Å². The minimum absolute atomic E-state index is 0.580. The predicted molar refractivity (Wildman–Crippen MR) is 76.6 cm³/mol. The molecule has 100 valence electrons. The number of benzene rings is 1. The molecule has 1 saturated heterocycles. The topological polar surface area (TPSA) is 54.2 Å². The number of rotatable bonds is 3. The highest BCUT2D eigenvalue weighted by Crippen LogP contribution is 2.24. The van der Waals surface area contributed by atoms with Crippen molar-refractivity contribution in [1.82, 2.24) is 15.5 Å². The van der Waals surface area contributed by atoms with Gasteiger partial charge in [-0.05, 0) is 30.5 Å². The predicted octanol–water partition coefficient (Wildman–Crippen LogP) is 1.87. The number of thioether (sulfide) groups is 1. The van der Waals surface area contributed by atoms with Crippen molar-refractivity contribution in [3.05, 3.63) is 24.3 Å². The number of nitrogens with one attached hydrogen (secondary N) is 1. The summed E-state index contributed by atoms with van der Waals surface area (Å²) in [6, 6.07) is 8.30. The third kappa shape index (κ3) is 2.74. The Labute approximate surface area is 116 Å². The maximum absolute atomic E-state index is 5.52. The summed E-state index contributed by atoms with van der Waals surface area (Å²) in [6.07, 6.45) is 1.92. The quantitative estimate of drug-likeness (QED) is 0.864. The van der Waals surface area contributed by atoms with E-state index in [-0.39, 0.29) is 0 Å². The fourth-order valence-corrected chi connectivity index (χ4v) is 2.43. The van der Waals surface area contributed by atoms with Gasteiger partial charge in [0.05, 0.1) is 0 Å². The van der Waals surface area contributed by atoms with Crippen molar-refractivity contribution in [3.8, 4) is 11.5 Å². The minimum Gasteiger partial charge on any atom is -0.411 e. The summed E-state index contributed by atoms with van der Waals surface area (Å²) in [6.45, 7) is 4.19. The summed E-state index contributed by atoms with van der Waals surface area (Å²) in [7, 11) is 0. The van der Waals surface area contributed by atoms with Gasteiger partial charge in [-0.1, -0.05) is 11.8 Å². The first kappa shape index (κ1) is 12.5. The Bertz CT molecular complexity index is 534. The molecule has 1 aliphatic heterocycles. The van der Waals surface area contributed by atoms with Crippen molar-refractivity contribution >= 4 is 17.4 Å². The van der Waals surface area contributed by atoms with Crippen LogP contribution in [0.5, 0.6) is 0 Å². The normalized spacial score (nSPS) is 15.7. The molecule has 19 heavy (non-hydrogen) atoms. The lowest BCUT2D eigenvalue weighted by Crippen LogP contribution is -2.43. The Morgan fingerprint density at radius 1 is 1.16 bits per heavy atom. The zero-order chi connectivity index (χ0) is 13.1. The molecule has 2 aromatic rings. The van der Waals surface area contributed by atoms with Gasteiger partial charge >= 0.3 is 0 Å². The molecule has 0 aliphatic carbocycles. The largest absolute Gasteiger partial charge is 0.411 e. The molecule has 1 aliphatic rings.